The maximum atomic E-state index is 8.87. The molecular weight excluding hydrogens is 238 g/mol. The molecule has 0 N–H and O–H groups in total. The lowest BCUT2D eigenvalue weighted by molar-refractivity contribution is 0.0241. The highest BCUT2D eigenvalue weighted by Crippen LogP contribution is 2.65. The van der Waals surface area contributed by atoms with Crippen molar-refractivity contribution in [2.24, 2.45) is 16.7 Å². The van der Waals surface area contributed by atoms with Crippen LogP contribution >= 0.6 is 0 Å². The van der Waals surface area contributed by atoms with Gasteiger partial charge in [-0.05, 0) is 36.7 Å². The lowest BCUT2D eigenvalue weighted by Crippen LogP contribution is -2.39. The predicted octanol–water partition coefficient (Wildman–Crippen LogP) is 2.94. The van der Waals surface area contributed by atoms with Crippen LogP contribution in [0.1, 0.15) is 45.7 Å². The van der Waals surface area contributed by atoms with Crippen molar-refractivity contribution in [1.29, 1.82) is 5.26 Å². The van der Waals surface area contributed by atoms with E-state index in [-0.39, 0.29) is 11.5 Å². The highest BCUT2D eigenvalue weighted by molar-refractivity contribution is 5.20. The van der Waals surface area contributed by atoms with E-state index in [1.54, 1.807) is 12.3 Å². The van der Waals surface area contributed by atoms with Gasteiger partial charge in [-0.25, -0.2) is 4.98 Å². The van der Waals surface area contributed by atoms with Crippen LogP contribution in [0.4, 0.5) is 0 Å². The fourth-order valence-corrected chi connectivity index (χ4v) is 3.90. The molecule has 1 aromatic rings. The van der Waals surface area contributed by atoms with Crippen molar-refractivity contribution < 1.29 is 4.74 Å². The van der Waals surface area contributed by atoms with E-state index in [0.29, 0.717) is 17.1 Å². The summed E-state index contributed by atoms with van der Waals surface area (Å²) in [6.07, 6.45) is 5.32. The molecular formula is C15H19N3O. The zero-order valence-electron chi connectivity index (χ0n) is 11.7. The van der Waals surface area contributed by atoms with Gasteiger partial charge in [0.1, 0.15) is 17.9 Å². The lowest BCUT2D eigenvalue weighted by Gasteiger charge is -2.38. The van der Waals surface area contributed by atoms with Crippen molar-refractivity contribution in [3.05, 3.63) is 18.0 Å². The molecule has 4 nitrogen and oxygen atoms in total. The number of aromatic nitrogens is 2. The molecule has 2 bridgehead atoms. The van der Waals surface area contributed by atoms with Crippen LogP contribution in [0.2, 0.25) is 0 Å². The number of hydrogen-bond donors (Lipinski definition) is 0. The predicted molar refractivity (Wildman–Crippen MR) is 70.4 cm³/mol. The topological polar surface area (TPSA) is 58.8 Å². The molecule has 0 amide bonds. The van der Waals surface area contributed by atoms with Gasteiger partial charge in [-0.15, -0.1) is 0 Å². The second-order valence-electron chi connectivity index (χ2n) is 6.55. The average Bonchev–Trinajstić information content (AvgIpc) is 2.72. The molecule has 0 aliphatic heterocycles. The van der Waals surface area contributed by atoms with Crippen molar-refractivity contribution in [2.75, 3.05) is 0 Å². The molecule has 3 unspecified atom stereocenters. The zero-order valence-corrected chi connectivity index (χ0v) is 11.7. The largest absolute Gasteiger partial charge is 0.460 e. The first-order chi connectivity index (χ1) is 8.97. The Hall–Kier alpha value is -1.63. The Kier molecular flexibility index (Phi) is 2.57. The van der Waals surface area contributed by atoms with Crippen molar-refractivity contribution in [1.82, 2.24) is 9.97 Å². The van der Waals surface area contributed by atoms with Crippen LogP contribution in [0.15, 0.2) is 12.3 Å². The van der Waals surface area contributed by atoms with Crippen LogP contribution in [-0.4, -0.2) is 16.1 Å². The molecule has 2 aliphatic carbocycles. The summed E-state index contributed by atoms with van der Waals surface area (Å²) in [4.78, 5) is 8.25. The third-order valence-corrected chi connectivity index (χ3v) is 5.71. The van der Waals surface area contributed by atoms with Crippen LogP contribution in [0, 0.1) is 28.1 Å². The smallest absolute Gasteiger partial charge is 0.317 e. The first kappa shape index (κ1) is 12.4. The van der Waals surface area contributed by atoms with Crippen molar-refractivity contribution >= 4 is 0 Å². The molecule has 3 rings (SSSR count). The van der Waals surface area contributed by atoms with E-state index in [4.69, 9.17) is 10.00 Å². The van der Waals surface area contributed by atoms with E-state index in [1.165, 1.54) is 12.8 Å². The van der Waals surface area contributed by atoms with Crippen LogP contribution in [-0.2, 0) is 0 Å². The number of nitrogens with zero attached hydrogens (tertiary/aromatic N) is 3. The van der Waals surface area contributed by atoms with E-state index in [1.807, 2.05) is 6.07 Å². The van der Waals surface area contributed by atoms with Gasteiger partial charge in [-0.1, -0.05) is 20.8 Å². The van der Waals surface area contributed by atoms with E-state index in [0.717, 1.165) is 12.3 Å². The Morgan fingerprint density at radius 3 is 2.79 bits per heavy atom. The van der Waals surface area contributed by atoms with Crippen molar-refractivity contribution in [3.63, 3.8) is 0 Å². The van der Waals surface area contributed by atoms with Crippen molar-refractivity contribution in [3.8, 4) is 12.1 Å². The maximum Gasteiger partial charge on any atom is 0.317 e. The number of hydrogen-bond acceptors (Lipinski definition) is 4. The third kappa shape index (κ3) is 1.64. The summed E-state index contributed by atoms with van der Waals surface area (Å²) in [5, 5.41) is 8.87. The SMILES string of the molecule is CC1(C)C2CCC1(C)C(Oc1nccc(C#N)n1)C2. The van der Waals surface area contributed by atoms with Gasteiger partial charge in [-0.2, -0.15) is 10.2 Å². The second kappa shape index (κ2) is 3.93. The minimum absolute atomic E-state index is 0.162. The minimum Gasteiger partial charge on any atom is -0.460 e. The normalized spacial score (nSPS) is 35.1. The van der Waals surface area contributed by atoms with Gasteiger partial charge in [0.15, 0.2) is 0 Å². The summed E-state index contributed by atoms with van der Waals surface area (Å²) in [5.74, 6) is 0.724. The highest BCUT2D eigenvalue weighted by atomic mass is 16.5. The molecule has 1 aromatic heterocycles. The standard InChI is InChI=1S/C15H19N3O/c1-14(2)10-4-6-15(14,3)12(8-10)19-13-17-7-5-11(9-16)18-13/h5,7,10,12H,4,6,8H2,1-3H3. The van der Waals surface area contributed by atoms with Gasteiger partial charge in [0.2, 0.25) is 0 Å². The summed E-state index contributed by atoms with van der Waals surface area (Å²) >= 11 is 0. The summed E-state index contributed by atoms with van der Waals surface area (Å²) in [5.41, 5.74) is 0.853. The van der Waals surface area contributed by atoms with Crippen LogP contribution < -0.4 is 4.74 Å². The van der Waals surface area contributed by atoms with Crippen LogP contribution in [0.25, 0.3) is 0 Å². The minimum atomic E-state index is 0.162. The fraction of sp³-hybridized carbons (Fsp3) is 0.667. The Labute approximate surface area is 113 Å². The summed E-state index contributed by atoms with van der Waals surface area (Å²) in [6.45, 7) is 7.01. The van der Waals surface area contributed by atoms with E-state index < -0.39 is 0 Å². The van der Waals surface area contributed by atoms with Crippen LogP contribution in [0.3, 0.4) is 0 Å². The van der Waals surface area contributed by atoms with Gasteiger partial charge in [0.05, 0.1) is 0 Å². The summed E-state index contributed by atoms with van der Waals surface area (Å²) in [6, 6.07) is 3.96. The maximum absolute atomic E-state index is 8.87. The molecule has 19 heavy (non-hydrogen) atoms. The number of nitriles is 1. The molecule has 3 atom stereocenters. The Balaban J connectivity index is 1.84. The number of ether oxygens (including phenoxy) is 1. The lowest BCUT2D eigenvalue weighted by atomic mass is 9.70. The van der Waals surface area contributed by atoms with Gasteiger partial charge < -0.3 is 4.74 Å². The Morgan fingerprint density at radius 1 is 1.42 bits per heavy atom. The molecule has 2 fully saturated rings. The summed E-state index contributed by atoms with van der Waals surface area (Å²) in [7, 11) is 0. The first-order valence-electron chi connectivity index (χ1n) is 6.87. The quantitative estimate of drug-likeness (QED) is 0.817. The number of rotatable bonds is 2. The monoisotopic (exact) mass is 257 g/mol. The molecule has 2 saturated carbocycles. The van der Waals surface area contributed by atoms with E-state index in [9.17, 15) is 0 Å². The third-order valence-electron chi connectivity index (χ3n) is 5.71. The molecule has 1 heterocycles. The molecule has 0 radical (unpaired) electrons. The fourth-order valence-electron chi connectivity index (χ4n) is 3.90. The van der Waals surface area contributed by atoms with Crippen LogP contribution in [0.5, 0.6) is 6.01 Å². The van der Waals surface area contributed by atoms with Gasteiger partial charge in [0, 0.05) is 11.6 Å². The Bertz CT molecular complexity index is 549. The first-order valence-corrected chi connectivity index (χ1v) is 6.87. The van der Waals surface area contributed by atoms with Crippen molar-refractivity contribution in [2.45, 2.75) is 46.1 Å². The highest BCUT2D eigenvalue weighted by Gasteiger charge is 2.62. The Morgan fingerprint density at radius 2 is 2.21 bits per heavy atom. The molecule has 2 aliphatic rings. The number of fused-ring (bicyclic) bond motifs is 2. The zero-order chi connectivity index (χ0) is 13.7. The van der Waals surface area contributed by atoms with E-state index in [2.05, 4.69) is 30.7 Å². The van der Waals surface area contributed by atoms with E-state index >= 15 is 0 Å². The van der Waals surface area contributed by atoms with Gasteiger partial charge >= 0.3 is 6.01 Å². The second-order valence-corrected chi connectivity index (χ2v) is 6.55. The van der Waals surface area contributed by atoms with Gasteiger partial charge in [0.25, 0.3) is 0 Å². The molecule has 0 aromatic carbocycles. The molecule has 0 spiro atoms. The molecule has 4 heteroatoms. The summed E-state index contributed by atoms with van der Waals surface area (Å²) < 4.78 is 6.02. The average molecular weight is 257 g/mol. The molecule has 0 saturated heterocycles. The van der Waals surface area contributed by atoms with Gasteiger partial charge in [-0.3, -0.25) is 0 Å². The molecule has 100 valence electrons.